The van der Waals surface area contributed by atoms with Gasteiger partial charge in [-0.25, -0.2) is 8.42 Å². The monoisotopic (exact) mass is 395 g/mol. The van der Waals surface area contributed by atoms with Crippen molar-refractivity contribution in [3.8, 4) is 17.6 Å². The Morgan fingerprint density at radius 3 is 2.39 bits per heavy atom. The second kappa shape index (κ2) is 9.09. The number of ether oxygens (including phenoxy) is 1. The van der Waals surface area contributed by atoms with Crippen molar-refractivity contribution >= 4 is 10.0 Å². The molecule has 0 N–H and O–H groups in total. The molecule has 0 saturated heterocycles. The van der Waals surface area contributed by atoms with E-state index in [0.29, 0.717) is 17.4 Å². The van der Waals surface area contributed by atoms with Gasteiger partial charge < -0.3 is 4.74 Å². The van der Waals surface area contributed by atoms with Crippen molar-refractivity contribution in [3.05, 3.63) is 71.8 Å². The van der Waals surface area contributed by atoms with E-state index in [0.717, 1.165) is 16.9 Å². The second-order valence-electron chi connectivity index (χ2n) is 6.91. The zero-order valence-corrected chi connectivity index (χ0v) is 17.1. The van der Waals surface area contributed by atoms with E-state index in [4.69, 9.17) is 4.74 Å². The first-order chi connectivity index (χ1) is 13.5. The van der Waals surface area contributed by atoms with Gasteiger partial charge in [-0.1, -0.05) is 41.7 Å². The van der Waals surface area contributed by atoms with Crippen LogP contribution >= 0.6 is 0 Å². The highest BCUT2D eigenvalue weighted by Crippen LogP contribution is 2.30. The van der Waals surface area contributed by atoms with Crippen molar-refractivity contribution in [2.24, 2.45) is 5.92 Å². The summed E-state index contributed by atoms with van der Waals surface area (Å²) < 4.78 is 32.7. The molecule has 0 bridgehead atoms. The third kappa shape index (κ3) is 5.48. The Labute approximate surface area is 167 Å². The van der Waals surface area contributed by atoms with Gasteiger partial charge in [-0.15, -0.1) is 0 Å². The Hall–Kier alpha value is -2.55. The normalized spacial score (nSPS) is 14.1. The van der Waals surface area contributed by atoms with Crippen molar-refractivity contribution in [1.29, 1.82) is 0 Å². The van der Waals surface area contributed by atoms with Crippen LogP contribution in [0.2, 0.25) is 0 Å². The van der Waals surface area contributed by atoms with Gasteiger partial charge in [-0.3, -0.25) is 0 Å². The third-order valence-corrected chi connectivity index (χ3v) is 6.40. The summed E-state index contributed by atoms with van der Waals surface area (Å²) in [5, 5.41) is 0. The third-order valence-electron chi connectivity index (χ3n) is 4.58. The number of benzene rings is 2. The van der Waals surface area contributed by atoms with Crippen LogP contribution in [-0.2, 0) is 10.0 Å². The van der Waals surface area contributed by atoms with E-state index >= 15 is 0 Å². The molecule has 1 aliphatic carbocycles. The molecule has 2 aromatic carbocycles. The van der Waals surface area contributed by atoms with Gasteiger partial charge >= 0.3 is 0 Å². The Bertz CT molecular complexity index is 977. The molecule has 0 heterocycles. The number of allylic oxidation sites excluding steroid dienone is 1. The van der Waals surface area contributed by atoms with E-state index in [-0.39, 0.29) is 6.54 Å². The molecule has 0 spiro atoms. The van der Waals surface area contributed by atoms with Crippen molar-refractivity contribution in [2.75, 3.05) is 20.2 Å². The number of sulfonamides is 1. The molecule has 1 fully saturated rings. The lowest BCUT2D eigenvalue weighted by Gasteiger charge is -2.18. The topological polar surface area (TPSA) is 46.6 Å². The van der Waals surface area contributed by atoms with Crippen LogP contribution < -0.4 is 4.74 Å². The lowest BCUT2D eigenvalue weighted by molar-refractivity contribution is 0.415. The first-order valence-electron chi connectivity index (χ1n) is 9.35. The minimum atomic E-state index is -3.60. The molecule has 1 saturated carbocycles. The Kier molecular flexibility index (Phi) is 6.56. The van der Waals surface area contributed by atoms with Crippen LogP contribution in [0, 0.1) is 24.7 Å². The van der Waals surface area contributed by atoms with Gasteiger partial charge in [0.1, 0.15) is 5.75 Å². The summed E-state index contributed by atoms with van der Waals surface area (Å²) in [5.74, 6) is 7.41. The minimum absolute atomic E-state index is 0.136. The van der Waals surface area contributed by atoms with Crippen LogP contribution in [-0.4, -0.2) is 32.9 Å². The van der Waals surface area contributed by atoms with Gasteiger partial charge in [0.25, 0.3) is 0 Å². The van der Waals surface area contributed by atoms with Crippen molar-refractivity contribution in [2.45, 2.75) is 24.7 Å². The van der Waals surface area contributed by atoms with Gasteiger partial charge in [0.05, 0.1) is 18.6 Å². The van der Waals surface area contributed by atoms with Crippen molar-refractivity contribution in [1.82, 2.24) is 4.31 Å². The first-order valence-corrected chi connectivity index (χ1v) is 10.8. The molecule has 0 radical (unpaired) electrons. The van der Waals surface area contributed by atoms with E-state index in [1.165, 1.54) is 17.1 Å². The summed E-state index contributed by atoms with van der Waals surface area (Å²) in [4.78, 5) is 0.296. The largest absolute Gasteiger partial charge is 0.497 e. The number of methoxy groups -OCH3 is 1. The quantitative estimate of drug-likeness (QED) is 0.526. The summed E-state index contributed by atoms with van der Waals surface area (Å²) in [6.07, 6.45) is 6.43. The average molecular weight is 396 g/mol. The highest BCUT2D eigenvalue weighted by Gasteiger charge is 2.23. The van der Waals surface area contributed by atoms with E-state index < -0.39 is 10.0 Å². The molecule has 5 heteroatoms. The van der Waals surface area contributed by atoms with Gasteiger partial charge in [0.2, 0.25) is 10.0 Å². The van der Waals surface area contributed by atoms with Gasteiger partial charge in [-0.05, 0) is 62.1 Å². The molecule has 146 valence electrons. The molecule has 0 unspecified atom stereocenters. The van der Waals surface area contributed by atoms with Crippen LogP contribution in [0.4, 0.5) is 0 Å². The standard InChI is InChI=1S/C23H25NO3S/c1-19-7-15-23(16-8-19)28(25,26)24(17-3-5-20-9-10-20)18-4-6-21-11-13-22(27-2)14-12-21/h3,5,7-8,11-16,20H,9-10,17-18H2,1-2H3/b5-3+. The van der Waals surface area contributed by atoms with Crippen LogP contribution in [0.1, 0.15) is 24.0 Å². The maximum Gasteiger partial charge on any atom is 0.244 e. The summed E-state index contributed by atoms with van der Waals surface area (Å²) >= 11 is 0. The molecule has 4 nitrogen and oxygen atoms in total. The molecular formula is C23H25NO3S. The predicted molar refractivity (Wildman–Crippen MR) is 112 cm³/mol. The summed E-state index contributed by atoms with van der Waals surface area (Å²) in [5.41, 5.74) is 1.85. The summed E-state index contributed by atoms with van der Waals surface area (Å²) in [6, 6.07) is 14.3. The summed E-state index contributed by atoms with van der Waals surface area (Å²) in [6.45, 7) is 2.40. The molecule has 3 rings (SSSR count). The molecule has 0 amide bonds. The minimum Gasteiger partial charge on any atom is -0.497 e. The van der Waals surface area contributed by atoms with Crippen molar-refractivity contribution < 1.29 is 13.2 Å². The van der Waals surface area contributed by atoms with Crippen LogP contribution in [0.15, 0.2) is 65.6 Å². The van der Waals surface area contributed by atoms with E-state index in [1.807, 2.05) is 49.4 Å². The van der Waals surface area contributed by atoms with Crippen LogP contribution in [0.25, 0.3) is 0 Å². The molecule has 0 aromatic heterocycles. The van der Waals surface area contributed by atoms with E-state index in [2.05, 4.69) is 17.9 Å². The SMILES string of the molecule is COc1ccc(C#CCN(C/C=C/C2CC2)S(=O)(=O)c2ccc(C)cc2)cc1. The maximum absolute atomic E-state index is 13.1. The number of nitrogens with zero attached hydrogens (tertiary/aromatic N) is 1. The zero-order valence-electron chi connectivity index (χ0n) is 16.3. The van der Waals surface area contributed by atoms with Gasteiger partial charge in [0, 0.05) is 12.1 Å². The number of hydrogen-bond donors (Lipinski definition) is 0. The first kappa shape index (κ1) is 20.2. The summed E-state index contributed by atoms with van der Waals surface area (Å²) in [7, 11) is -1.99. The smallest absolute Gasteiger partial charge is 0.244 e. The molecule has 0 aliphatic heterocycles. The Balaban J connectivity index is 1.77. The predicted octanol–water partition coefficient (Wildman–Crippen LogP) is 4.01. The Morgan fingerprint density at radius 2 is 1.79 bits per heavy atom. The molecule has 2 aromatic rings. The van der Waals surface area contributed by atoms with Gasteiger partial charge in [0.15, 0.2) is 0 Å². The fourth-order valence-electron chi connectivity index (χ4n) is 2.67. The lowest BCUT2D eigenvalue weighted by Crippen LogP contribution is -2.31. The van der Waals surface area contributed by atoms with Crippen molar-refractivity contribution in [3.63, 3.8) is 0 Å². The molecule has 28 heavy (non-hydrogen) atoms. The molecular weight excluding hydrogens is 370 g/mol. The van der Waals surface area contributed by atoms with Crippen LogP contribution in [0.5, 0.6) is 5.75 Å². The maximum atomic E-state index is 13.1. The number of rotatable bonds is 7. The highest BCUT2D eigenvalue weighted by molar-refractivity contribution is 7.89. The van der Waals surface area contributed by atoms with Gasteiger partial charge in [-0.2, -0.15) is 4.31 Å². The van der Waals surface area contributed by atoms with E-state index in [1.54, 1.807) is 19.2 Å². The van der Waals surface area contributed by atoms with Crippen LogP contribution in [0.3, 0.4) is 0 Å². The number of hydrogen-bond acceptors (Lipinski definition) is 3. The molecule has 1 aliphatic rings. The number of aryl methyl sites for hydroxylation is 1. The zero-order chi connectivity index (χ0) is 20.0. The lowest BCUT2D eigenvalue weighted by atomic mass is 10.2. The van der Waals surface area contributed by atoms with E-state index in [9.17, 15) is 8.42 Å². The molecule has 0 atom stereocenters. The Morgan fingerprint density at radius 1 is 1.11 bits per heavy atom. The average Bonchev–Trinajstić information content (AvgIpc) is 3.52. The second-order valence-corrected chi connectivity index (χ2v) is 8.84. The highest BCUT2D eigenvalue weighted by atomic mass is 32.2. The fraction of sp³-hybridized carbons (Fsp3) is 0.304. The fourth-order valence-corrected chi connectivity index (χ4v) is 3.97.